The van der Waals surface area contributed by atoms with E-state index in [0.29, 0.717) is 35.5 Å². The fraction of sp³-hybridized carbons (Fsp3) is 0.320. The summed E-state index contributed by atoms with van der Waals surface area (Å²) in [5, 5.41) is 2.80. The molecular weight excluding hydrogens is 594 g/mol. The molecule has 0 unspecified atom stereocenters. The average molecular weight is 623 g/mol. The van der Waals surface area contributed by atoms with Crippen molar-refractivity contribution in [2.45, 2.75) is 37.3 Å². The van der Waals surface area contributed by atoms with E-state index in [1.54, 1.807) is 38.1 Å². The van der Waals surface area contributed by atoms with E-state index in [0.717, 1.165) is 4.47 Å². The molecule has 1 fully saturated rings. The van der Waals surface area contributed by atoms with Gasteiger partial charge in [0.1, 0.15) is 0 Å². The largest absolute Gasteiger partial charge is 0.326 e. The SMILES string of the molecule is Cc1cc(C)nc(NS(=O)(=O)c2ccc(NC(=O)C3CCN(S(=O)(=O)Cc4cccc(Br)c4)CC3)cc2)n1. The van der Waals surface area contributed by atoms with E-state index in [-0.39, 0.29) is 41.5 Å². The number of amides is 1. The van der Waals surface area contributed by atoms with Crippen LogP contribution in [0.3, 0.4) is 0 Å². The molecular formula is C25H28BrN5O5S2. The number of hydrogen-bond donors (Lipinski definition) is 2. The van der Waals surface area contributed by atoms with Gasteiger partial charge in [0.25, 0.3) is 10.0 Å². The van der Waals surface area contributed by atoms with E-state index in [1.807, 2.05) is 6.07 Å². The van der Waals surface area contributed by atoms with Crippen LogP contribution in [0.2, 0.25) is 0 Å². The fourth-order valence-electron chi connectivity index (χ4n) is 4.24. The van der Waals surface area contributed by atoms with Gasteiger partial charge < -0.3 is 5.32 Å². The quantitative estimate of drug-likeness (QED) is 0.389. The Bertz CT molecular complexity index is 1520. The number of halogens is 1. The van der Waals surface area contributed by atoms with E-state index in [9.17, 15) is 21.6 Å². The van der Waals surface area contributed by atoms with Crippen LogP contribution in [0.5, 0.6) is 0 Å². The molecule has 13 heteroatoms. The van der Waals surface area contributed by atoms with Crippen molar-refractivity contribution in [3.8, 4) is 0 Å². The Morgan fingerprint density at radius 3 is 2.21 bits per heavy atom. The molecule has 202 valence electrons. The van der Waals surface area contributed by atoms with Crippen molar-refractivity contribution in [1.29, 1.82) is 0 Å². The Labute approximate surface area is 231 Å². The summed E-state index contributed by atoms with van der Waals surface area (Å²) in [4.78, 5) is 21.0. The molecule has 10 nitrogen and oxygen atoms in total. The smallest absolute Gasteiger partial charge is 0.264 e. The molecule has 0 bridgehead atoms. The summed E-state index contributed by atoms with van der Waals surface area (Å²) in [5.41, 5.74) is 2.42. The van der Waals surface area contributed by atoms with Crippen LogP contribution < -0.4 is 10.0 Å². The Hall–Kier alpha value is -2.87. The van der Waals surface area contributed by atoms with Gasteiger partial charge in [0.05, 0.1) is 10.6 Å². The number of nitrogens with zero attached hydrogens (tertiary/aromatic N) is 3. The van der Waals surface area contributed by atoms with E-state index >= 15 is 0 Å². The summed E-state index contributed by atoms with van der Waals surface area (Å²) in [5.74, 6) is -0.682. The predicted octanol–water partition coefficient (Wildman–Crippen LogP) is 3.84. The number of aromatic nitrogens is 2. The molecule has 2 N–H and O–H groups in total. The normalized spacial score (nSPS) is 15.2. The van der Waals surface area contributed by atoms with Gasteiger partial charge in [-0.25, -0.2) is 35.8 Å². The Balaban J connectivity index is 1.32. The zero-order chi connectivity index (χ0) is 27.5. The van der Waals surface area contributed by atoms with E-state index in [1.165, 1.54) is 28.6 Å². The van der Waals surface area contributed by atoms with Crippen LogP contribution in [0.15, 0.2) is 64.0 Å². The number of aryl methyl sites for hydroxylation is 2. The number of anilines is 2. The van der Waals surface area contributed by atoms with Gasteiger partial charge in [-0.05, 0) is 74.7 Å². The predicted molar refractivity (Wildman–Crippen MR) is 148 cm³/mol. The third-order valence-electron chi connectivity index (χ3n) is 6.10. The molecule has 2 aromatic carbocycles. The maximum atomic E-state index is 12.8. The summed E-state index contributed by atoms with van der Waals surface area (Å²) < 4.78 is 55.7. The maximum Gasteiger partial charge on any atom is 0.264 e. The lowest BCUT2D eigenvalue weighted by atomic mass is 9.97. The number of hydrogen-bond acceptors (Lipinski definition) is 7. The first-order valence-corrected chi connectivity index (χ1v) is 15.8. The molecule has 1 amide bonds. The van der Waals surface area contributed by atoms with Crippen LogP contribution in [0.1, 0.15) is 29.8 Å². The number of benzene rings is 2. The van der Waals surface area contributed by atoms with Gasteiger partial charge in [-0.1, -0.05) is 28.1 Å². The molecule has 1 saturated heterocycles. The minimum atomic E-state index is -3.91. The van der Waals surface area contributed by atoms with Crippen molar-refractivity contribution >= 4 is 53.5 Å². The van der Waals surface area contributed by atoms with Gasteiger partial charge in [-0.15, -0.1) is 0 Å². The molecule has 2 heterocycles. The van der Waals surface area contributed by atoms with E-state index in [4.69, 9.17) is 0 Å². The highest BCUT2D eigenvalue weighted by atomic mass is 79.9. The first-order chi connectivity index (χ1) is 17.9. The zero-order valence-corrected chi connectivity index (χ0v) is 24.1. The van der Waals surface area contributed by atoms with Crippen LogP contribution in [-0.2, 0) is 30.6 Å². The molecule has 0 radical (unpaired) electrons. The highest BCUT2D eigenvalue weighted by Crippen LogP contribution is 2.24. The van der Waals surface area contributed by atoms with Crippen molar-refractivity contribution in [1.82, 2.24) is 14.3 Å². The van der Waals surface area contributed by atoms with Crippen molar-refractivity contribution in [3.05, 3.63) is 76.0 Å². The van der Waals surface area contributed by atoms with Crippen LogP contribution in [0.25, 0.3) is 0 Å². The molecule has 0 aliphatic carbocycles. The molecule has 4 rings (SSSR count). The number of nitrogens with one attached hydrogen (secondary N) is 2. The van der Waals surface area contributed by atoms with E-state index < -0.39 is 20.0 Å². The number of carbonyl (C=O) groups is 1. The van der Waals surface area contributed by atoms with Gasteiger partial charge in [-0.3, -0.25) is 4.79 Å². The molecule has 3 aromatic rings. The topological polar surface area (TPSA) is 138 Å². The molecule has 1 aliphatic rings. The van der Waals surface area contributed by atoms with Gasteiger partial charge in [0.2, 0.25) is 21.9 Å². The lowest BCUT2D eigenvalue weighted by molar-refractivity contribution is -0.120. The summed E-state index contributed by atoms with van der Waals surface area (Å²) in [7, 11) is -7.41. The lowest BCUT2D eigenvalue weighted by Crippen LogP contribution is -2.41. The summed E-state index contributed by atoms with van der Waals surface area (Å²) in [6.45, 7) is 4.02. The summed E-state index contributed by atoms with van der Waals surface area (Å²) in [6.07, 6.45) is 0.797. The molecule has 0 atom stereocenters. The molecule has 0 spiro atoms. The molecule has 0 saturated carbocycles. The van der Waals surface area contributed by atoms with Crippen LogP contribution in [0.4, 0.5) is 11.6 Å². The minimum absolute atomic E-state index is 0.00205. The Kier molecular flexibility index (Phi) is 8.50. The fourth-order valence-corrected chi connectivity index (χ4v) is 7.18. The number of carbonyl (C=O) groups excluding carboxylic acids is 1. The van der Waals surface area contributed by atoms with Gasteiger partial charge in [-0.2, -0.15) is 0 Å². The first-order valence-electron chi connectivity index (χ1n) is 11.9. The third kappa shape index (κ3) is 7.16. The Morgan fingerprint density at radius 2 is 1.61 bits per heavy atom. The van der Waals surface area contributed by atoms with Crippen LogP contribution >= 0.6 is 15.9 Å². The lowest BCUT2D eigenvalue weighted by Gasteiger charge is -2.30. The summed E-state index contributed by atoms with van der Waals surface area (Å²) in [6, 6.07) is 14.7. The Morgan fingerprint density at radius 1 is 0.974 bits per heavy atom. The van der Waals surface area contributed by atoms with Crippen molar-refractivity contribution in [3.63, 3.8) is 0 Å². The second-order valence-corrected chi connectivity index (χ2v) is 13.7. The van der Waals surface area contributed by atoms with Crippen LogP contribution in [-0.4, -0.2) is 50.1 Å². The standard InChI is InChI=1S/C25H28BrN5O5S2/c1-17-14-18(2)28-25(27-17)30-38(35,36)23-8-6-22(7-9-23)29-24(32)20-10-12-31(13-11-20)37(33,34)16-19-4-3-5-21(26)15-19/h3-9,14-15,20H,10-13,16H2,1-2H3,(H,29,32)(H,27,28,30). The number of rotatable bonds is 8. The van der Waals surface area contributed by atoms with Crippen molar-refractivity contribution in [2.24, 2.45) is 5.92 Å². The second kappa shape index (κ2) is 11.5. The van der Waals surface area contributed by atoms with E-state index in [2.05, 4.69) is 35.9 Å². The highest BCUT2D eigenvalue weighted by molar-refractivity contribution is 9.10. The summed E-state index contributed by atoms with van der Waals surface area (Å²) >= 11 is 3.36. The van der Waals surface area contributed by atoms with Gasteiger partial charge in [0, 0.05) is 40.6 Å². The zero-order valence-electron chi connectivity index (χ0n) is 20.9. The second-order valence-electron chi connectivity index (χ2n) is 9.15. The molecule has 38 heavy (non-hydrogen) atoms. The minimum Gasteiger partial charge on any atom is -0.326 e. The number of piperidine rings is 1. The number of sulfonamides is 2. The van der Waals surface area contributed by atoms with Gasteiger partial charge in [0.15, 0.2) is 0 Å². The van der Waals surface area contributed by atoms with Crippen molar-refractivity contribution in [2.75, 3.05) is 23.1 Å². The third-order valence-corrected chi connectivity index (χ3v) is 9.78. The van der Waals surface area contributed by atoms with Crippen molar-refractivity contribution < 1.29 is 21.6 Å². The molecule has 1 aromatic heterocycles. The van der Waals surface area contributed by atoms with Gasteiger partial charge >= 0.3 is 0 Å². The first kappa shape index (κ1) is 28.1. The van der Waals surface area contributed by atoms with Crippen LogP contribution in [0, 0.1) is 19.8 Å². The highest BCUT2D eigenvalue weighted by Gasteiger charge is 2.31. The maximum absolute atomic E-state index is 12.8. The average Bonchev–Trinajstić information content (AvgIpc) is 2.83. The monoisotopic (exact) mass is 621 g/mol. The molecule has 1 aliphatic heterocycles.